The first-order chi connectivity index (χ1) is 15.2. The molecule has 1 saturated heterocycles. The summed E-state index contributed by atoms with van der Waals surface area (Å²) in [4.78, 5) is 23.4. The van der Waals surface area contributed by atoms with E-state index in [1.54, 1.807) is 22.0 Å². The molecule has 4 rings (SSSR count). The quantitative estimate of drug-likeness (QED) is 0.592. The average Bonchev–Trinajstić information content (AvgIpc) is 3.18. The van der Waals surface area contributed by atoms with Crippen molar-refractivity contribution < 1.29 is 18.5 Å². The van der Waals surface area contributed by atoms with Crippen LogP contribution >= 0.6 is 0 Å². The standard InChI is InChI=1S/C22H27N5O4S/c1-22(2,3)31-21(28)26-11-9-16(10-12-26)30-20-18-13-25-27(19(18)23-14-24-20)15-5-7-17(8-6-15)32(4)29/h5-8,13-14,16H,9-12H2,1-4H3. The Balaban J connectivity index is 1.46. The number of hydrogen-bond acceptors (Lipinski definition) is 7. The average molecular weight is 458 g/mol. The Morgan fingerprint density at radius 3 is 2.44 bits per heavy atom. The van der Waals surface area contributed by atoms with E-state index in [0.717, 1.165) is 10.6 Å². The van der Waals surface area contributed by atoms with Crippen molar-refractivity contribution in [1.82, 2.24) is 24.6 Å². The highest BCUT2D eigenvalue weighted by molar-refractivity contribution is 7.84. The van der Waals surface area contributed by atoms with Gasteiger partial charge in [0.15, 0.2) is 5.65 Å². The molecule has 0 radical (unpaired) electrons. The zero-order valence-electron chi connectivity index (χ0n) is 18.6. The van der Waals surface area contributed by atoms with Crippen LogP contribution in [0.5, 0.6) is 5.88 Å². The van der Waals surface area contributed by atoms with E-state index >= 15 is 0 Å². The fourth-order valence-electron chi connectivity index (χ4n) is 3.53. The van der Waals surface area contributed by atoms with Crippen LogP contribution in [0.25, 0.3) is 16.7 Å². The third kappa shape index (κ3) is 4.90. The van der Waals surface area contributed by atoms with E-state index in [4.69, 9.17) is 9.47 Å². The van der Waals surface area contributed by atoms with Crippen LogP contribution in [0.2, 0.25) is 0 Å². The maximum atomic E-state index is 12.3. The number of fused-ring (bicyclic) bond motifs is 1. The molecule has 1 atom stereocenters. The third-order valence-corrected chi connectivity index (χ3v) is 6.05. The minimum absolute atomic E-state index is 0.0612. The van der Waals surface area contributed by atoms with Crippen molar-refractivity contribution in [3.05, 3.63) is 36.8 Å². The summed E-state index contributed by atoms with van der Waals surface area (Å²) >= 11 is 0. The lowest BCUT2D eigenvalue weighted by Gasteiger charge is -2.33. The number of rotatable bonds is 4. The van der Waals surface area contributed by atoms with Crippen molar-refractivity contribution in [3.63, 3.8) is 0 Å². The molecule has 1 unspecified atom stereocenters. The van der Waals surface area contributed by atoms with E-state index in [0.29, 0.717) is 42.8 Å². The molecule has 32 heavy (non-hydrogen) atoms. The lowest BCUT2D eigenvalue weighted by Crippen LogP contribution is -2.44. The lowest BCUT2D eigenvalue weighted by molar-refractivity contribution is 0.0124. The van der Waals surface area contributed by atoms with E-state index in [9.17, 15) is 9.00 Å². The summed E-state index contributed by atoms with van der Waals surface area (Å²) in [6.07, 6.45) is 5.82. The Morgan fingerprint density at radius 1 is 1.12 bits per heavy atom. The van der Waals surface area contributed by atoms with Crippen LogP contribution in [-0.2, 0) is 15.5 Å². The highest BCUT2D eigenvalue weighted by atomic mass is 32.2. The number of amides is 1. The number of benzene rings is 1. The maximum absolute atomic E-state index is 12.3. The zero-order valence-corrected chi connectivity index (χ0v) is 19.5. The molecule has 1 fully saturated rings. The van der Waals surface area contributed by atoms with Gasteiger partial charge in [0.05, 0.1) is 11.9 Å². The van der Waals surface area contributed by atoms with Crippen molar-refractivity contribution in [2.75, 3.05) is 19.3 Å². The number of piperidine rings is 1. The molecule has 2 aromatic heterocycles. The molecule has 3 heterocycles. The third-order valence-electron chi connectivity index (χ3n) is 5.11. The molecule has 3 aromatic rings. The molecule has 9 nitrogen and oxygen atoms in total. The van der Waals surface area contributed by atoms with Crippen LogP contribution in [0.3, 0.4) is 0 Å². The first-order valence-electron chi connectivity index (χ1n) is 10.5. The molecule has 1 amide bonds. The highest BCUT2D eigenvalue weighted by Gasteiger charge is 2.28. The van der Waals surface area contributed by atoms with Crippen LogP contribution in [-0.4, -0.2) is 66.0 Å². The molecular formula is C22H27N5O4S. The number of carbonyl (C=O) groups is 1. The Labute approximate surface area is 189 Å². The van der Waals surface area contributed by atoms with Gasteiger partial charge in [0.25, 0.3) is 0 Å². The molecule has 0 N–H and O–H groups in total. The summed E-state index contributed by atoms with van der Waals surface area (Å²) < 4.78 is 25.0. The lowest BCUT2D eigenvalue weighted by atomic mass is 10.1. The van der Waals surface area contributed by atoms with E-state index in [2.05, 4.69) is 15.1 Å². The fourth-order valence-corrected chi connectivity index (χ4v) is 4.04. The molecule has 1 aromatic carbocycles. The van der Waals surface area contributed by atoms with Gasteiger partial charge in [-0.3, -0.25) is 4.21 Å². The summed E-state index contributed by atoms with van der Waals surface area (Å²) in [5.41, 5.74) is 0.932. The first kappa shape index (κ1) is 22.2. The monoisotopic (exact) mass is 457 g/mol. The maximum Gasteiger partial charge on any atom is 0.410 e. The van der Waals surface area contributed by atoms with Gasteiger partial charge >= 0.3 is 6.09 Å². The van der Waals surface area contributed by atoms with Gasteiger partial charge in [-0.05, 0) is 45.0 Å². The number of carbonyl (C=O) groups excluding carboxylic acids is 1. The molecule has 10 heteroatoms. The van der Waals surface area contributed by atoms with Gasteiger partial charge in [0.2, 0.25) is 5.88 Å². The second kappa shape index (κ2) is 8.85. The van der Waals surface area contributed by atoms with E-state index < -0.39 is 16.4 Å². The van der Waals surface area contributed by atoms with Gasteiger partial charge in [0.1, 0.15) is 23.4 Å². The van der Waals surface area contributed by atoms with Gasteiger partial charge in [-0.1, -0.05) is 0 Å². The van der Waals surface area contributed by atoms with Crippen molar-refractivity contribution in [3.8, 4) is 11.6 Å². The first-order valence-corrected chi connectivity index (χ1v) is 12.0. The molecule has 0 bridgehead atoms. The highest BCUT2D eigenvalue weighted by Crippen LogP contribution is 2.26. The van der Waals surface area contributed by atoms with Crippen LogP contribution in [0.15, 0.2) is 41.7 Å². The molecule has 1 aliphatic heterocycles. The normalized spacial score (nSPS) is 16.2. The van der Waals surface area contributed by atoms with Crippen molar-refractivity contribution in [1.29, 1.82) is 0 Å². The molecule has 0 saturated carbocycles. The van der Waals surface area contributed by atoms with Crippen molar-refractivity contribution in [2.45, 2.75) is 50.2 Å². The van der Waals surface area contributed by atoms with Gasteiger partial charge in [-0.15, -0.1) is 0 Å². The second-order valence-electron chi connectivity index (χ2n) is 8.71. The zero-order chi connectivity index (χ0) is 22.9. The minimum Gasteiger partial charge on any atom is -0.474 e. The molecule has 0 spiro atoms. The number of ether oxygens (including phenoxy) is 2. The van der Waals surface area contributed by atoms with Gasteiger partial charge in [-0.2, -0.15) is 5.10 Å². The fraction of sp³-hybridized carbons (Fsp3) is 0.455. The summed E-state index contributed by atoms with van der Waals surface area (Å²) in [6, 6.07) is 7.35. The second-order valence-corrected chi connectivity index (χ2v) is 10.1. The topological polar surface area (TPSA) is 99.4 Å². The van der Waals surface area contributed by atoms with Gasteiger partial charge in [-0.25, -0.2) is 19.4 Å². The Morgan fingerprint density at radius 2 is 1.81 bits per heavy atom. The number of hydrogen-bond donors (Lipinski definition) is 0. The molecule has 0 aliphatic carbocycles. The largest absolute Gasteiger partial charge is 0.474 e. The molecular weight excluding hydrogens is 430 g/mol. The number of aromatic nitrogens is 4. The van der Waals surface area contributed by atoms with Gasteiger partial charge in [0, 0.05) is 47.9 Å². The van der Waals surface area contributed by atoms with Crippen LogP contribution < -0.4 is 4.74 Å². The summed E-state index contributed by atoms with van der Waals surface area (Å²) in [5.74, 6) is 0.475. The smallest absolute Gasteiger partial charge is 0.410 e. The Hall–Kier alpha value is -3.01. The van der Waals surface area contributed by atoms with Crippen LogP contribution in [0.1, 0.15) is 33.6 Å². The summed E-state index contributed by atoms with van der Waals surface area (Å²) in [7, 11) is -1.04. The predicted octanol–water partition coefficient (Wildman–Crippen LogP) is 3.33. The van der Waals surface area contributed by atoms with Crippen molar-refractivity contribution >= 4 is 27.9 Å². The van der Waals surface area contributed by atoms with Crippen LogP contribution in [0.4, 0.5) is 4.79 Å². The predicted molar refractivity (Wildman–Crippen MR) is 120 cm³/mol. The summed E-state index contributed by atoms with van der Waals surface area (Å²) in [5, 5.41) is 5.17. The van der Waals surface area contributed by atoms with E-state index in [1.165, 1.54) is 6.33 Å². The van der Waals surface area contributed by atoms with Crippen LogP contribution in [0, 0.1) is 0 Å². The summed E-state index contributed by atoms with van der Waals surface area (Å²) in [6.45, 7) is 6.72. The number of nitrogens with zero attached hydrogens (tertiary/aromatic N) is 5. The molecule has 1 aliphatic rings. The molecule has 170 valence electrons. The minimum atomic E-state index is -1.04. The van der Waals surface area contributed by atoms with Crippen molar-refractivity contribution in [2.24, 2.45) is 0 Å². The van der Waals surface area contributed by atoms with E-state index in [1.807, 2.05) is 45.0 Å². The Kier molecular flexibility index (Phi) is 6.14. The SMILES string of the molecule is CS(=O)c1ccc(-n2ncc3c(OC4CCN(C(=O)OC(C)(C)C)CC4)ncnc32)cc1. The Bertz CT molecular complexity index is 1130. The van der Waals surface area contributed by atoms with E-state index in [-0.39, 0.29) is 12.2 Å². The van der Waals surface area contributed by atoms with Gasteiger partial charge < -0.3 is 14.4 Å². The number of likely N-dealkylation sites (tertiary alicyclic amines) is 1.